The molecule has 1 aliphatic rings. The average molecular weight is 261 g/mol. The van der Waals surface area contributed by atoms with Crippen molar-refractivity contribution >= 4 is 17.5 Å². The minimum atomic E-state index is -0.213. The van der Waals surface area contributed by atoms with Gasteiger partial charge in [-0.2, -0.15) is 0 Å². The summed E-state index contributed by atoms with van der Waals surface area (Å²) in [7, 11) is 0. The zero-order valence-electron chi connectivity index (χ0n) is 10.8. The molecule has 0 spiro atoms. The molecule has 1 fully saturated rings. The second kappa shape index (κ2) is 6.89. The first-order valence-corrected chi connectivity index (χ1v) is 6.62. The molecule has 1 aromatic carbocycles. The van der Waals surface area contributed by atoms with Gasteiger partial charge in [0.15, 0.2) is 0 Å². The molecule has 0 saturated carbocycles. The third-order valence-corrected chi connectivity index (χ3v) is 3.11. The van der Waals surface area contributed by atoms with Crippen LogP contribution in [0.1, 0.15) is 19.3 Å². The first kappa shape index (κ1) is 13.5. The number of carbonyl (C=O) groups is 2. The molecule has 0 aromatic heterocycles. The van der Waals surface area contributed by atoms with Crippen molar-refractivity contribution in [3.63, 3.8) is 0 Å². The van der Waals surface area contributed by atoms with E-state index in [0.717, 1.165) is 31.5 Å². The molecule has 1 aliphatic heterocycles. The molecule has 1 atom stereocenters. The van der Waals surface area contributed by atoms with E-state index in [1.807, 2.05) is 30.3 Å². The number of hydrogen-bond acceptors (Lipinski definition) is 3. The highest BCUT2D eigenvalue weighted by atomic mass is 16.2. The van der Waals surface area contributed by atoms with Crippen LogP contribution in [0.15, 0.2) is 30.3 Å². The molecule has 1 aromatic rings. The Morgan fingerprint density at radius 2 is 2.00 bits per heavy atom. The summed E-state index contributed by atoms with van der Waals surface area (Å²) in [5.74, 6) is -0.307. The lowest BCUT2D eigenvalue weighted by molar-refractivity contribution is -0.126. The zero-order chi connectivity index (χ0) is 13.5. The molecule has 19 heavy (non-hydrogen) atoms. The van der Waals surface area contributed by atoms with Gasteiger partial charge in [0.25, 0.3) is 0 Å². The summed E-state index contributed by atoms with van der Waals surface area (Å²) < 4.78 is 0. The van der Waals surface area contributed by atoms with E-state index in [4.69, 9.17) is 0 Å². The maximum Gasteiger partial charge on any atom is 0.243 e. The van der Waals surface area contributed by atoms with E-state index in [0.29, 0.717) is 0 Å². The standard InChI is InChI=1S/C14H19N3O2/c18-13(17-11-6-2-1-3-7-11)10-16-14(19)12-8-4-5-9-15-12/h1-3,6-7,12,15H,4-5,8-10H2,(H,16,19)(H,17,18). The number of rotatable bonds is 4. The Kier molecular flexibility index (Phi) is 4.92. The molecular formula is C14H19N3O2. The Labute approximate surface area is 112 Å². The number of hydrogen-bond donors (Lipinski definition) is 3. The lowest BCUT2D eigenvalue weighted by Gasteiger charge is -2.22. The quantitative estimate of drug-likeness (QED) is 0.753. The second-order valence-corrected chi connectivity index (χ2v) is 4.63. The number of benzene rings is 1. The van der Waals surface area contributed by atoms with Crippen LogP contribution in [0.4, 0.5) is 5.69 Å². The van der Waals surface area contributed by atoms with Gasteiger partial charge in [0.05, 0.1) is 12.6 Å². The molecule has 0 radical (unpaired) electrons. The van der Waals surface area contributed by atoms with Crippen LogP contribution in [-0.2, 0) is 9.59 Å². The van der Waals surface area contributed by atoms with Crippen LogP contribution in [0.2, 0.25) is 0 Å². The van der Waals surface area contributed by atoms with Crippen LogP contribution >= 0.6 is 0 Å². The maximum absolute atomic E-state index is 11.8. The maximum atomic E-state index is 11.8. The Balaban J connectivity index is 1.72. The fourth-order valence-corrected chi connectivity index (χ4v) is 2.09. The average Bonchev–Trinajstić information content (AvgIpc) is 2.47. The fraction of sp³-hybridized carbons (Fsp3) is 0.429. The predicted molar refractivity (Wildman–Crippen MR) is 73.7 cm³/mol. The third-order valence-electron chi connectivity index (χ3n) is 3.11. The van der Waals surface area contributed by atoms with Crippen LogP contribution < -0.4 is 16.0 Å². The molecular weight excluding hydrogens is 242 g/mol. The summed E-state index contributed by atoms with van der Waals surface area (Å²) in [6, 6.07) is 9.04. The van der Waals surface area contributed by atoms with Gasteiger partial charge in [-0.15, -0.1) is 0 Å². The molecule has 0 bridgehead atoms. The van der Waals surface area contributed by atoms with Crippen LogP contribution in [0.25, 0.3) is 0 Å². The number of carbonyl (C=O) groups excluding carboxylic acids is 2. The molecule has 3 N–H and O–H groups in total. The van der Waals surface area contributed by atoms with E-state index in [1.54, 1.807) is 0 Å². The van der Waals surface area contributed by atoms with Crippen LogP contribution in [0.3, 0.4) is 0 Å². The van der Waals surface area contributed by atoms with E-state index in [9.17, 15) is 9.59 Å². The van der Waals surface area contributed by atoms with Crippen molar-refractivity contribution in [1.29, 1.82) is 0 Å². The van der Waals surface area contributed by atoms with E-state index < -0.39 is 0 Å². The third kappa shape index (κ3) is 4.37. The molecule has 1 unspecified atom stereocenters. The van der Waals surface area contributed by atoms with Crippen molar-refractivity contribution in [2.45, 2.75) is 25.3 Å². The lowest BCUT2D eigenvalue weighted by Crippen LogP contribution is -2.48. The molecule has 2 rings (SSSR count). The van der Waals surface area contributed by atoms with Gasteiger partial charge in [-0.1, -0.05) is 24.6 Å². The van der Waals surface area contributed by atoms with Crippen molar-refractivity contribution in [2.24, 2.45) is 0 Å². The van der Waals surface area contributed by atoms with E-state index in [2.05, 4.69) is 16.0 Å². The van der Waals surface area contributed by atoms with Crippen LogP contribution in [0.5, 0.6) is 0 Å². The fourth-order valence-electron chi connectivity index (χ4n) is 2.09. The summed E-state index contributed by atoms with van der Waals surface area (Å²) in [6.07, 6.45) is 3.01. The smallest absolute Gasteiger partial charge is 0.243 e. The molecule has 2 amide bonds. The van der Waals surface area contributed by atoms with Crippen LogP contribution in [-0.4, -0.2) is 30.9 Å². The minimum Gasteiger partial charge on any atom is -0.346 e. The van der Waals surface area contributed by atoms with E-state index in [-0.39, 0.29) is 24.4 Å². The minimum absolute atomic E-state index is 0.00586. The summed E-state index contributed by atoms with van der Waals surface area (Å²) >= 11 is 0. The highest BCUT2D eigenvalue weighted by molar-refractivity contribution is 5.95. The highest BCUT2D eigenvalue weighted by Gasteiger charge is 2.20. The SMILES string of the molecule is O=C(CNC(=O)C1CCCCN1)Nc1ccccc1. The number of amides is 2. The topological polar surface area (TPSA) is 70.2 Å². The summed E-state index contributed by atoms with van der Waals surface area (Å²) in [5, 5.41) is 8.53. The Morgan fingerprint density at radius 1 is 1.21 bits per heavy atom. The largest absolute Gasteiger partial charge is 0.346 e. The normalized spacial score (nSPS) is 18.6. The number of para-hydroxylation sites is 1. The number of nitrogens with one attached hydrogen (secondary N) is 3. The van der Waals surface area contributed by atoms with E-state index in [1.165, 1.54) is 0 Å². The van der Waals surface area contributed by atoms with Crippen molar-refractivity contribution in [1.82, 2.24) is 10.6 Å². The molecule has 102 valence electrons. The molecule has 5 nitrogen and oxygen atoms in total. The number of piperidine rings is 1. The molecule has 1 heterocycles. The summed E-state index contributed by atoms with van der Waals surface area (Å²) in [4.78, 5) is 23.5. The first-order valence-electron chi connectivity index (χ1n) is 6.62. The van der Waals surface area contributed by atoms with Gasteiger partial charge >= 0.3 is 0 Å². The van der Waals surface area contributed by atoms with Crippen molar-refractivity contribution in [3.8, 4) is 0 Å². The summed E-state index contributed by atoms with van der Waals surface area (Å²) in [5.41, 5.74) is 0.734. The van der Waals surface area contributed by atoms with Gasteiger partial charge in [-0.05, 0) is 31.5 Å². The monoisotopic (exact) mass is 261 g/mol. The van der Waals surface area contributed by atoms with Crippen molar-refractivity contribution in [2.75, 3.05) is 18.4 Å². The van der Waals surface area contributed by atoms with Gasteiger partial charge in [-0.3, -0.25) is 9.59 Å². The first-order chi connectivity index (χ1) is 9.25. The van der Waals surface area contributed by atoms with Crippen LogP contribution in [0, 0.1) is 0 Å². The summed E-state index contributed by atoms with van der Waals surface area (Å²) in [6.45, 7) is 0.875. The molecule has 1 saturated heterocycles. The Bertz CT molecular complexity index is 428. The van der Waals surface area contributed by atoms with Gasteiger partial charge in [0.1, 0.15) is 0 Å². The number of anilines is 1. The lowest BCUT2D eigenvalue weighted by atomic mass is 10.0. The van der Waals surface area contributed by atoms with Crippen molar-refractivity contribution in [3.05, 3.63) is 30.3 Å². The van der Waals surface area contributed by atoms with E-state index >= 15 is 0 Å². The highest BCUT2D eigenvalue weighted by Crippen LogP contribution is 2.07. The van der Waals surface area contributed by atoms with Gasteiger partial charge in [0, 0.05) is 5.69 Å². The van der Waals surface area contributed by atoms with Crippen molar-refractivity contribution < 1.29 is 9.59 Å². The predicted octanol–water partition coefficient (Wildman–Crippen LogP) is 0.883. The zero-order valence-corrected chi connectivity index (χ0v) is 10.8. The molecule has 5 heteroatoms. The Morgan fingerprint density at radius 3 is 2.68 bits per heavy atom. The second-order valence-electron chi connectivity index (χ2n) is 4.63. The Hall–Kier alpha value is -1.88. The van der Waals surface area contributed by atoms with Gasteiger partial charge in [-0.25, -0.2) is 0 Å². The van der Waals surface area contributed by atoms with Gasteiger partial charge in [0.2, 0.25) is 11.8 Å². The molecule has 0 aliphatic carbocycles. The van der Waals surface area contributed by atoms with Gasteiger partial charge < -0.3 is 16.0 Å².